The van der Waals surface area contributed by atoms with Gasteiger partial charge >= 0.3 is 0 Å². The van der Waals surface area contributed by atoms with Crippen molar-refractivity contribution < 1.29 is 4.79 Å². The van der Waals surface area contributed by atoms with E-state index in [0.717, 1.165) is 10.9 Å². The molecule has 3 aromatic rings. The Bertz CT molecular complexity index is 736. The van der Waals surface area contributed by atoms with Crippen molar-refractivity contribution in [3.8, 4) is 0 Å². The number of anilines is 1. The minimum atomic E-state index is -0.123. The predicted octanol–water partition coefficient (Wildman–Crippen LogP) is 3.55. The number of thiazole rings is 1. The molecule has 1 aromatic carbocycles. The van der Waals surface area contributed by atoms with E-state index in [1.165, 1.54) is 16.2 Å². The molecule has 0 bridgehead atoms. The molecule has 0 aliphatic rings. The third-order valence-electron chi connectivity index (χ3n) is 2.83. The second-order valence-corrected chi connectivity index (χ2v) is 5.40. The molecule has 4 nitrogen and oxygen atoms in total. The van der Waals surface area contributed by atoms with Gasteiger partial charge in [-0.05, 0) is 18.2 Å². The number of nitrogens with one attached hydrogen (secondary N) is 1. The van der Waals surface area contributed by atoms with Crippen molar-refractivity contribution in [3.63, 3.8) is 0 Å². The van der Waals surface area contributed by atoms with Crippen LogP contribution in [-0.4, -0.2) is 22.9 Å². The van der Waals surface area contributed by atoms with Crippen LogP contribution in [0.5, 0.6) is 0 Å². The lowest BCUT2D eigenvalue weighted by molar-refractivity contribution is 0.0989. The summed E-state index contributed by atoms with van der Waals surface area (Å²) in [6, 6.07) is 7.31. The Kier molecular flexibility index (Phi) is 3.00. The van der Waals surface area contributed by atoms with Gasteiger partial charge in [-0.15, -0.1) is 11.3 Å². The molecule has 96 valence electrons. The van der Waals surface area contributed by atoms with E-state index in [1.54, 1.807) is 25.4 Å². The zero-order valence-corrected chi connectivity index (χ0v) is 11.6. The summed E-state index contributed by atoms with van der Waals surface area (Å²) in [6.07, 6.45) is 1.68. The number of hydrogen-bond donors (Lipinski definition) is 1. The number of nitrogens with zero attached hydrogens (tertiary/aromatic N) is 2. The molecule has 1 N–H and O–H groups in total. The summed E-state index contributed by atoms with van der Waals surface area (Å²) in [5.74, 6) is -0.123. The molecule has 0 saturated heterocycles. The van der Waals surface area contributed by atoms with E-state index in [1.807, 2.05) is 17.5 Å². The van der Waals surface area contributed by atoms with Crippen molar-refractivity contribution in [2.75, 3.05) is 11.9 Å². The Morgan fingerprint density at radius 2 is 2.26 bits per heavy atom. The molecular weight excluding hydrogens is 282 g/mol. The highest BCUT2D eigenvalue weighted by Crippen LogP contribution is 2.22. The maximum absolute atomic E-state index is 12.3. The molecule has 0 atom stereocenters. The Labute approximate surface area is 118 Å². The Balaban J connectivity index is 1.97. The van der Waals surface area contributed by atoms with Crippen LogP contribution in [0.2, 0.25) is 5.02 Å². The molecule has 0 fully saturated rings. The highest BCUT2D eigenvalue weighted by Gasteiger charge is 2.17. The van der Waals surface area contributed by atoms with E-state index in [2.05, 4.69) is 9.97 Å². The van der Waals surface area contributed by atoms with Gasteiger partial charge in [0.15, 0.2) is 5.13 Å². The molecule has 0 aliphatic carbocycles. The maximum Gasteiger partial charge on any atom is 0.276 e. The minimum Gasteiger partial charge on any atom is -0.350 e. The molecule has 0 spiro atoms. The summed E-state index contributed by atoms with van der Waals surface area (Å²) in [6.45, 7) is 0. The van der Waals surface area contributed by atoms with Crippen LogP contribution in [0.15, 0.2) is 35.8 Å². The zero-order valence-electron chi connectivity index (χ0n) is 10.1. The van der Waals surface area contributed by atoms with E-state index < -0.39 is 0 Å². The Morgan fingerprint density at radius 3 is 3.00 bits per heavy atom. The first-order valence-corrected chi connectivity index (χ1v) is 6.87. The fourth-order valence-electron chi connectivity index (χ4n) is 1.86. The van der Waals surface area contributed by atoms with Crippen molar-refractivity contribution in [1.82, 2.24) is 9.97 Å². The Hall–Kier alpha value is -1.85. The quantitative estimate of drug-likeness (QED) is 0.785. The largest absolute Gasteiger partial charge is 0.350 e. The lowest BCUT2D eigenvalue weighted by Gasteiger charge is -2.11. The van der Waals surface area contributed by atoms with Gasteiger partial charge in [-0.2, -0.15) is 0 Å². The average molecular weight is 292 g/mol. The fourth-order valence-corrected chi connectivity index (χ4v) is 2.64. The maximum atomic E-state index is 12.3. The van der Waals surface area contributed by atoms with Gasteiger partial charge in [0.05, 0.1) is 0 Å². The van der Waals surface area contributed by atoms with Crippen LogP contribution in [0, 0.1) is 0 Å². The lowest BCUT2D eigenvalue weighted by Crippen LogP contribution is -2.26. The first-order chi connectivity index (χ1) is 9.15. The first-order valence-electron chi connectivity index (χ1n) is 5.61. The van der Waals surface area contributed by atoms with Crippen LogP contribution in [0.1, 0.15) is 10.5 Å². The average Bonchev–Trinajstić information content (AvgIpc) is 3.05. The molecule has 0 saturated carbocycles. The summed E-state index contributed by atoms with van der Waals surface area (Å²) in [7, 11) is 1.71. The zero-order chi connectivity index (χ0) is 13.4. The summed E-state index contributed by atoms with van der Waals surface area (Å²) in [5.41, 5.74) is 1.37. The number of H-pyrrole nitrogens is 1. The normalized spacial score (nSPS) is 10.8. The Morgan fingerprint density at radius 1 is 1.42 bits per heavy atom. The number of rotatable bonds is 2. The molecule has 1 amide bonds. The summed E-state index contributed by atoms with van der Waals surface area (Å²) in [4.78, 5) is 21.1. The number of aromatic amines is 1. The molecule has 0 radical (unpaired) electrons. The van der Waals surface area contributed by atoms with Gasteiger partial charge in [0.2, 0.25) is 0 Å². The monoisotopic (exact) mass is 291 g/mol. The number of halogens is 1. The van der Waals surface area contributed by atoms with Gasteiger partial charge in [0.1, 0.15) is 5.69 Å². The van der Waals surface area contributed by atoms with Crippen LogP contribution in [-0.2, 0) is 0 Å². The van der Waals surface area contributed by atoms with Crippen molar-refractivity contribution in [2.45, 2.75) is 0 Å². The SMILES string of the molecule is CN(C(=O)c1cc2ccc(Cl)cc2[nH]1)c1nccs1. The standard InChI is InChI=1S/C13H10ClN3OS/c1-17(13-15-4-5-19-13)12(18)11-6-8-2-3-9(14)7-10(8)16-11/h2-7,16H,1H3. The third kappa shape index (κ3) is 2.22. The third-order valence-corrected chi connectivity index (χ3v) is 3.91. The highest BCUT2D eigenvalue weighted by atomic mass is 35.5. The van der Waals surface area contributed by atoms with Crippen molar-refractivity contribution in [1.29, 1.82) is 0 Å². The number of hydrogen-bond acceptors (Lipinski definition) is 3. The summed E-state index contributed by atoms with van der Waals surface area (Å²) >= 11 is 7.35. The number of aromatic nitrogens is 2. The van der Waals surface area contributed by atoms with E-state index >= 15 is 0 Å². The van der Waals surface area contributed by atoms with Crippen LogP contribution >= 0.6 is 22.9 Å². The van der Waals surface area contributed by atoms with Gasteiger partial charge in [0.25, 0.3) is 5.91 Å². The van der Waals surface area contributed by atoms with Gasteiger partial charge < -0.3 is 4.98 Å². The lowest BCUT2D eigenvalue weighted by atomic mass is 10.2. The molecule has 6 heteroatoms. The van der Waals surface area contributed by atoms with Crippen LogP contribution in [0.3, 0.4) is 0 Å². The van der Waals surface area contributed by atoms with Crippen molar-refractivity contribution >= 4 is 44.9 Å². The van der Waals surface area contributed by atoms with Gasteiger partial charge in [-0.3, -0.25) is 9.69 Å². The van der Waals surface area contributed by atoms with Crippen molar-refractivity contribution in [2.24, 2.45) is 0 Å². The molecule has 2 aromatic heterocycles. The summed E-state index contributed by atoms with van der Waals surface area (Å²) < 4.78 is 0. The number of carbonyl (C=O) groups is 1. The smallest absolute Gasteiger partial charge is 0.276 e. The molecular formula is C13H10ClN3OS. The predicted molar refractivity (Wildman–Crippen MR) is 78.2 cm³/mol. The van der Waals surface area contributed by atoms with Crippen molar-refractivity contribution in [3.05, 3.63) is 46.6 Å². The van der Waals surface area contributed by atoms with Crippen LogP contribution in [0.25, 0.3) is 10.9 Å². The summed E-state index contributed by atoms with van der Waals surface area (Å²) in [5, 5.41) is 4.10. The van der Waals surface area contributed by atoms with Crippen LogP contribution < -0.4 is 4.90 Å². The van der Waals surface area contributed by atoms with E-state index in [-0.39, 0.29) is 5.91 Å². The molecule has 2 heterocycles. The van der Waals surface area contributed by atoms with Gasteiger partial charge in [0, 0.05) is 34.6 Å². The molecule has 19 heavy (non-hydrogen) atoms. The molecule has 3 rings (SSSR count). The van der Waals surface area contributed by atoms with E-state index in [4.69, 9.17) is 11.6 Å². The minimum absolute atomic E-state index is 0.123. The van der Waals surface area contributed by atoms with Crippen LogP contribution in [0.4, 0.5) is 5.13 Å². The topological polar surface area (TPSA) is 49.0 Å². The van der Waals surface area contributed by atoms with Gasteiger partial charge in [-0.25, -0.2) is 4.98 Å². The molecule has 0 unspecified atom stereocenters. The molecule has 0 aliphatic heterocycles. The first kappa shape index (κ1) is 12.2. The number of fused-ring (bicyclic) bond motifs is 1. The number of amides is 1. The van der Waals surface area contributed by atoms with E-state index in [9.17, 15) is 4.79 Å². The van der Waals surface area contributed by atoms with E-state index in [0.29, 0.717) is 15.8 Å². The number of carbonyl (C=O) groups excluding carboxylic acids is 1. The fraction of sp³-hybridized carbons (Fsp3) is 0.0769. The highest BCUT2D eigenvalue weighted by molar-refractivity contribution is 7.13. The van der Waals surface area contributed by atoms with Gasteiger partial charge in [-0.1, -0.05) is 17.7 Å². The second kappa shape index (κ2) is 4.68. The number of benzene rings is 1. The second-order valence-electron chi connectivity index (χ2n) is 4.09.